The fourth-order valence-electron chi connectivity index (χ4n) is 3.33. The van der Waals surface area contributed by atoms with E-state index in [-0.39, 0.29) is 11.6 Å². The lowest BCUT2D eigenvalue weighted by atomic mass is 10.1. The second kappa shape index (κ2) is 7.75. The Balaban J connectivity index is 1.63. The maximum Gasteiger partial charge on any atom is 0.343 e. The SMILES string of the molecule is CCN(CC)c1ccc2cc(/C=C/C(=O)c3nc4ccccc4[nH]3)c(=O)oc2c1. The highest BCUT2D eigenvalue weighted by molar-refractivity contribution is 6.06. The Kier molecular flexibility index (Phi) is 4.99. The zero-order valence-corrected chi connectivity index (χ0v) is 16.3. The van der Waals surface area contributed by atoms with Crippen LogP contribution in [0, 0.1) is 0 Å². The Morgan fingerprint density at radius 3 is 2.69 bits per heavy atom. The molecule has 0 radical (unpaired) electrons. The number of benzene rings is 2. The summed E-state index contributed by atoms with van der Waals surface area (Å²) in [5.74, 6) is -0.0749. The fraction of sp³-hybridized carbons (Fsp3) is 0.174. The lowest BCUT2D eigenvalue weighted by Crippen LogP contribution is -2.21. The predicted molar refractivity (Wildman–Crippen MR) is 116 cm³/mol. The molecule has 0 amide bonds. The second-order valence-corrected chi connectivity index (χ2v) is 6.68. The van der Waals surface area contributed by atoms with Gasteiger partial charge < -0.3 is 14.3 Å². The molecule has 146 valence electrons. The number of nitrogens with zero attached hydrogens (tertiary/aromatic N) is 2. The van der Waals surface area contributed by atoms with Gasteiger partial charge in [0.25, 0.3) is 0 Å². The van der Waals surface area contributed by atoms with Gasteiger partial charge in [0.2, 0.25) is 5.78 Å². The number of hydrogen-bond donors (Lipinski definition) is 1. The number of ketones is 1. The summed E-state index contributed by atoms with van der Waals surface area (Å²) in [6.07, 6.45) is 2.80. The van der Waals surface area contributed by atoms with E-state index in [2.05, 4.69) is 28.7 Å². The van der Waals surface area contributed by atoms with Crippen LogP contribution in [-0.4, -0.2) is 28.8 Å². The number of fused-ring (bicyclic) bond motifs is 2. The van der Waals surface area contributed by atoms with E-state index in [1.165, 1.54) is 12.2 Å². The molecule has 0 saturated carbocycles. The van der Waals surface area contributed by atoms with Gasteiger partial charge in [0.1, 0.15) is 5.58 Å². The molecule has 6 nitrogen and oxygen atoms in total. The van der Waals surface area contributed by atoms with Crippen molar-refractivity contribution in [3.05, 3.63) is 76.4 Å². The summed E-state index contributed by atoms with van der Waals surface area (Å²) in [6.45, 7) is 5.90. The van der Waals surface area contributed by atoms with Gasteiger partial charge in [0.05, 0.1) is 16.6 Å². The maximum atomic E-state index is 12.4. The van der Waals surface area contributed by atoms with E-state index in [9.17, 15) is 9.59 Å². The molecule has 2 aromatic heterocycles. The third kappa shape index (κ3) is 3.69. The van der Waals surface area contributed by atoms with Crippen LogP contribution >= 0.6 is 0 Å². The number of aromatic amines is 1. The summed E-state index contributed by atoms with van der Waals surface area (Å²) < 4.78 is 5.49. The smallest absolute Gasteiger partial charge is 0.343 e. The molecule has 0 spiro atoms. The Morgan fingerprint density at radius 2 is 1.93 bits per heavy atom. The zero-order valence-electron chi connectivity index (χ0n) is 16.3. The van der Waals surface area contributed by atoms with Gasteiger partial charge in [0, 0.05) is 30.2 Å². The summed E-state index contributed by atoms with van der Waals surface area (Å²) in [4.78, 5) is 34.2. The first-order valence-electron chi connectivity index (χ1n) is 9.59. The number of rotatable bonds is 6. The third-order valence-corrected chi connectivity index (χ3v) is 4.91. The zero-order chi connectivity index (χ0) is 20.4. The number of H-pyrrole nitrogens is 1. The highest BCUT2D eigenvalue weighted by Gasteiger charge is 2.10. The van der Waals surface area contributed by atoms with Crippen LogP contribution in [0.4, 0.5) is 5.69 Å². The molecule has 6 heteroatoms. The molecule has 0 atom stereocenters. The number of aromatic nitrogens is 2. The van der Waals surface area contributed by atoms with E-state index in [1.54, 1.807) is 6.07 Å². The molecule has 2 aromatic carbocycles. The average Bonchev–Trinajstić information content (AvgIpc) is 3.17. The van der Waals surface area contributed by atoms with Crippen molar-refractivity contribution < 1.29 is 9.21 Å². The van der Waals surface area contributed by atoms with E-state index >= 15 is 0 Å². The van der Waals surface area contributed by atoms with Crippen molar-refractivity contribution in [2.24, 2.45) is 0 Å². The first kappa shape index (κ1) is 18.7. The van der Waals surface area contributed by atoms with Crippen LogP contribution in [0.15, 0.2) is 63.8 Å². The van der Waals surface area contributed by atoms with E-state index in [4.69, 9.17) is 4.42 Å². The summed E-state index contributed by atoms with van der Waals surface area (Å²) in [6, 6.07) is 14.9. The van der Waals surface area contributed by atoms with Gasteiger partial charge in [-0.15, -0.1) is 0 Å². The molecule has 0 aliphatic rings. The van der Waals surface area contributed by atoms with E-state index < -0.39 is 5.63 Å². The Morgan fingerprint density at radius 1 is 1.14 bits per heavy atom. The number of nitrogens with one attached hydrogen (secondary N) is 1. The molecule has 1 N–H and O–H groups in total. The molecule has 29 heavy (non-hydrogen) atoms. The average molecular weight is 387 g/mol. The van der Waals surface area contributed by atoms with Gasteiger partial charge in [-0.3, -0.25) is 4.79 Å². The second-order valence-electron chi connectivity index (χ2n) is 6.68. The molecule has 4 rings (SSSR count). The van der Waals surface area contributed by atoms with Crippen molar-refractivity contribution >= 4 is 39.5 Å². The number of carbonyl (C=O) groups is 1. The molecule has 0 aliphatic carbocycles. The third-order valence-electron chi connectivity index (χ3n) is 4.91. The normalized spacial score (nSPS) is 11.5. The van der Waals surface area contributed by atoms with Gasteiger partial charge in [0.15, 0.2) is 5.82 Å². The summed E-state index contributed by atoms with van der Waals surface area (Å²) in [7, 11) is 0. The van der Waals surface area contributed by atoms with Gasteiger partial charge in [-0.05, 0) is 56.3 Å². The molecule has 2 heterocycles. The van der Waals surface area contributed by atoms with Crippen LogP contribution in [0.5, 0.6) is 0 Å². The van der Waals surface area contributed by atoms with Gasteiger partial charge in [-0.1, -0.05) is 12.1 Å². The monoisotopic (exact) mass is 387 g/mol. The lowest BCUT2D eigenvalue weighted by Gasteiger charge is -2.20. The van der Waals surface area contributed by atoms with Gasteiger partial charge in [-0.2, -0.15) is 0 Å². The Labute approximate surface area is 167 Å². The van der Waals surface area contributed by atoms with Crippen molar-refractivity contribution in [3.63, 3.8) is 0 Å². The van der Waals surface area contributed by atoms with E-state index in [0.717, 1.165) is 35.2 Å². The van der Waals surface area contributed by atoms with Crippen LogP contribution in [0.3, 0.4) is 0 Å². The quantitative estimate of drug-likeness (QED) is 0.301. The predicted octanol–water partition coefficient (Wildman–Crippen LogP) is 4.41. The molecule has 0 fully saturated rings. The minimum absolute atomic E-state index is 0.233. The fourth-order valence-corrected chi connectivity index (χ4v) is 3.33. The molecule has 0 bridgehead atoms. The molecule has 0 aliphatic heterocycles. The Bertz CT molecular complexity index is 1250. The molecular formula is C23H21N3O3. The van der Waals surface area contributed by atoms with Crippen molar-refractivity contribution in [1.29, 1.82) is 0 Å². The lowest BCUT2D eigenvalue weighted by molar-refractivity contribution is 0.103. The maximum absolute atomic E-state index is 12.4. The Hall–Kier alpha value is -3.67. The largest absolute Gasteiger partial charge is 0.422 e. The minimum Gasteiger partial charge on any atom is -0.422 e. The van der Waals surface area contributed by atoms with Crippen LogP contribution in [0.25, 0.3) is 28.1 Å². The number of allylic oxidation sites excluding steroid dienone is 1. The molecular weight excluding hydrogens is 366 g/mol. The molecule has 0 unspecified atom stereocenters. The van der Waals surface area contributed by atoms with Crippen LogP contribution in [0.2, 0.25) is 0 Å². The molecule has 4 aromatic rings. The molecule has 0 saturated heterocycles. The number of hydrogen-bond acceptors (Lipinski definition) is 5. The number of imidazole rings is 1. The first-order chi connectivity index (χ1) is 14.1. The van der Waals surface area contributed by atoms with Crippen LogP contribution in [-0.2, 0) is 0 Å². The minimum atomic E-state index is -0.483. The van der Waals surface area contributed by atoms with Crippen molar-refractivity contribution in [2.45, 2.75) is 13.8 Å². The van der Waals surface area contributed by atoms with E-state index in [0.29, 0.717) is 11.1 Å². The topological polar surface area (TPSA) is 79.2 Å². The van der Waals surface area contributed by atoms with Crippen LogP contribution in [0.1, 0.15) is 30.0 Å². The van der Waals surface area contributed by atoms with Gasteiger partial charge >= 0.3 is 5.63 Å². The highest BCUT2D eigenvalue weighted by Crippen LogP contribution is 2.22. The number of anilines is 1. The van der Waals surface area contributed by atoms with Crippen molar-refractivity contribution in [2.75, 3.05) is 18.0 Å². The number of para-hydroxylation sites is 2. The van der Waals surface area contributed by atoms with Crippen molar-refractivity contribution in [1.82, 2.24) is 9.97 Å². The van der Waals surface area contributed by atoms with Crippen molar-refractivity contribution in [3.8, 4) is 0 Å². The number of carbonyl (C=O) groups excluding carboxylic acids is 1. The summed E-state index contributed by atoms with van der Waals surface area (Å²) in [5.41, 5.74) is 2.88. The first-order valence-corrected chi connectivity index (χ1v) is 9.59. The highest BCUT2D eigenvalue weighted by atomic mass is 16.4. The summed E-state index contributed by atoms with van der Waals surface area (Å²) >= 11 is 0. The standard InChI is InChI=1S/C23H21N3O3/c1-3-26(4-2)17-11-9-15-13-16(23(28)29-21(15)14-17)10-12-20(27)22-24-18-7-5-6-8-19(18)25-22/h5-14H,3-4H2,1-2H3,(H,24,25)/b12-10+. The van der Waals surface area contributed by atoms with Crippen LogP contribution < -0.4 is 10.5 Å². The van der Waals surface area contributed by atoms with Gasteiger partial charge in [-0.25, -0.2) is 9.78 Å². The van der Waals surface area contributed by atoms with E-state index in [1.807, 2.05) is 42.5 Å². The summed E-state index contributed by atoms with van der Waals surface area (Å²) in [5, 5.41) is 0.802.